The predicted molar refractivity (Wildman–Crippen MR) is 142 cm³/mol. The van der Waals surface area contributed by atoms with Gasteiger partial charge in [-0.25, -0.2) is 0 Å². The molecule has 0 radical (unpaired) electrons. The molecule has 0 fully saturated rings. The fraction of sp³-hybridized carbons (Fsp3) is 0.379. The van der Waals surface area contributed by atoms with Crippen molar-refractivity contribution in [2.75, 3.05) is 20.5 Å². The summed E-state index contributed by atoms with van der Waals surface area (Å²) in [6.07, 6.45) is 0.963. The molecule has 0 spiro atoms. The Morgan fingerprint density at radius 2 is 1.86 bits per heavy atom. The Labute approximate surface area is 224 Å². The van der Waals surface area contributed by atoms with Crippen LogP contribution in [0.15, 0.2) is 64.4 Å². The quantitative estimate of drug-likeness (QED) is 0.454. The van der Waals surface area contributed by atoms with E-state index in [1.165, 1.54) is 0 Å². The van der Waals surface area contributed by atoms with Gasteiger partial charge in [0.1, 0.15) is 11.7 Å². The van der Waals surface area contributed by atoms with Crippen LogP contribution in [0.5, 0.6) is 17.2 Å². The van der Waals surface area contributed by atoms with Gasteiger partial charge < -0.3 is 24.3 Å². The highest BCUT2D eigenvalue weighted by Crippen LogP contribution is 2.51. The van der Waals surface area contributed by atoms with E-state index >= 15 is 0 Å². The van der Waals surface area contributed by atoms with Crippen molar-refractivity contribution in [3.05, 3.63) is 75.5 Å². The van der Waals surface area contributed by atoms with Gasteiger partial charge >= 0.3 is 5.97 Å². The molecule has 1 aliphatic carbocycles. The SMILES string of the molecule is C=C1NC2=C(C(=O)CC(c3ccc(OC)cc3)C2)C(c2cc3c(cc2Br)OCO3)C1C(=O)OCC(C)C. The molecular formula is C29H30BrNO6. The number of carbonyl (C=O) groups is 2. The van der Waals surface area contributed by atoms with E-state index in [4.69, 9.17) is 18.9 Å². The molecule has 3 unspecified atom stereocenters. The molecule has 2 aliphatic heterocycles. The summed E-state index contributed by atoms with van der Waals surface area (Å²) in [4.78, 5) is 27.3. The van der Waals surface area contributed by atoms with Gasteiger partial charge in [-0.2, -0.15) is 0 Å². The van der Waals surface area contributed by atoms with Crippen molar-refractivity contribution in [3.63, 3.8) is 0 Å². The second-order valence-corrected chi connectivity index (χ2v) is 10.9. The highest BCUT2D eigenvalue weighted by molar-refractivity contribution is 9.10. The summed E-state index contributed by atoms with van der Waals surface area (Å²) >= 11 is 3.66. The molecule has 0 saturated carbocycles. The zero-order chi connectivity index (χ0) is 26.3. The number of methoxy groups -OCH3 is 1. The first-order chi connectivity index (χ1) is 17.8. The van der Waals surface area contributed by atoms with Crippen LogP contribution in [0, 0.1) is 11.8 Å². The highest BCUT2D eigenvalue weighted by Gasteiger charge is 2.46. The Bertz CT molecular complexity index is 1280. The molecule has 0 aromatic heterocycles. The molecule has 0 amide bonds. The topological polar surface area (TPSA) is 83.1 Å². The Morgan fingerprint density at radius 1 is 1.16 bits per heavy atom. The molecule has 194 valence electrons. The predicted octanol–water partition coefficient (Wildman–Crippen LogP) is 5.60. The Morgan fingerprint density at radius 3 is 2.54 bits per heavy atom. The first-order valence-corrected chi connectivity index (χ1v) is 13.2. The molecule has 7 nitrogen and oxygen atoms in total. The van der Waals surface area contributed by atoms with Crippen LogP contribution in [-0.4, -0.2) is 32.3 Å². The number of fused-ring (bicyclic) bond motifs is 1. The fourth-order valence-corrected chi connectivity index (χ4v) is 5.85. The maximum absolute atomic E-state index is 13.8. The molecular weight excluding hydrogens is 538 g/mol. The number of rotatable bonds is 6. The van der Waals surface area contributed by atoms with Crippen molar-refractivity contribution in [2.45, 2.75) is 38.5 Å². The summed E-state index contributed by atoms with van der Waals surface area (Å²) in [6.45, 7) is 8.59. The third-order valence-corrected chi connectivity index (χ3v) is 7.75. The Kier molecular flexibility index (Phi) is 7.03. The number of ether oxygens (including phenoxy) is 4. The lowest BCUT2D eigenvalue weighted by Crippen LogP contribution is -2.42. The van der Waals surface area contributed by atoms with Gasteiger partial charge in [-0.15, -0.1) is 0 Å². The monoisotopic (exact) mass is 567 g/mol. The molecule has 2 heterocycles. The van der Waals surface area contributed by atoms with Crippen molar-refractivity contribution in [1.82, 2.24) is 5.32 Å². The average molecular weight is 568 g/mol. The van der Waals surface area contributed by atoms with Gasteiger partial charge in [0.25, 0.3) is 0 Å². The van der Waals surface area contributed by atoms with Crippen LogP contribution in [0.1, 0.15) is 49.7 Å². The smallest absolute Gasteiger partial charge is 0.315 e. The number of hydrogen-bond acceptors (Lipinski definition) is 7. The van der Waals surface area contributed by atoms with Crippen molar-refractivity contribution in [1.29, 1.82) is 0 Å². The van der Waals surface area contributed by atoms with Crippen LogP contribution in [0.4, 0.5) is 0 Å². The first kappa shape index (κ1) is 25.4. The number of halogens is 1. The van der Waals surface area contributed by atoms with E-state index in [0.29, 0.717) is 35.6 Å². The number of esters is 1. The average Bonchev–Trinajstić information content (AvgIpc) is 3.33. The molecule has 5 rings (SSSR count). The molecule has 3 aliphatic rings. The van der Waals surface area contributed by atoms with Crippen LogP contribution in [0.25, 0.3) is 0 Å². The second-order valence-electron chi connectivity index (χ2n) is 10.1. The van der Waals surface area contributed by atoms with Crippen LogP contribution < -0.4 is 19.5 Å². The van der Waals surface area contributed by atoms with Crippen LogP contribution in [-0.2, 0) is 14.3 Å². The van der Waals surface area contributed by atoms with E-state index in [-0.39, 0.29) is 31.0 Å². The zero-order valence-corrected chi connectivity index (χ0v) is 22.7. The van der Waals surface area contributed by atoms with Crippen molar-refractivity contribution < 1.29 is 28.5 Å². The third kappa shape index (κ3) is 4.87. The molecule has 1 N–H and O–H groups in total. The van der Waals surface area contributed by atoms with E-state index in [0.717, 1.165) is 27.0 Å². The molecule has 37 heavy (non-hydrogen) atoms. The maximum Gasteiger partial charge on any atom is 0.315 e. The summed E-state index contributed by atoms with van der Waals surface area (Å²) in [5.74, 6) is 0.404. The summed E-state index contributed by atoms with van der Waals surface area (Å²) in [5, 5.41) is 3.33. The molecule has 2 aromatic carbocycles. The minimum Gasteiger partial charge on any atom is -0.497 e. The summed E-state index contributed by atoms with van der Waals surface area (Å²) < 4.78 is 22.8. The largest absolute Gasteiger partial charge is 0.497 e. The number of Topliss-reactive ketones (excluding diaryl/α,β-unsaturated/α-hetero) is 1. The van der Waals surface area contributed by atoms with Crippen LogP contribution in [0.3, 0.4) is 0 Å². The number of nitrogens with one attached hydrogen (secondary N) is 1. The number of benzene rings is 2. The van der Waals surface area contributed by atoms with Crippen LogP contribution >= 0.6 is 15.9 Å². The Balaban J connectivity index is 1.57. The maximum atomic E-state index is 13.8. The van der Waals surface area contributed by atoms with E-state index in [2.05, 4.69) is 27.8 Å². The van der Waals surface area contributed by atoms with E-state index in [1.54, 1.807) is 7.11 Å². The summed E-state index contributed by atoms with van der Waals surface area (Å²) in [5.41, 5.74) is 3.74. The fourth-order valence-electron chi connectivity index (χ4n) is 5.28. The second kappa shape index (κ2) is 10.2. The van der Waals surface area contributed by atoms with E-state index in [9.17, 15) is 9.59 Å². The number of allylic oxidation sites excluding steroid dienone is 2. The summed E-state index contributed by atoms with van der Waals surface area (Å²) in [7, 11) is 1.63. The highest BCUT2D eigenvalue weighted by atomic mass is 79.9. The van der Waals surface area contributed by atoms with Gasteiger partial charge in [-0.05, 0) is 53.6 Å². The zero-order valence-electron chi connectivity index (χ0n) is 21.1. The lowest BCUT2D eigenvalue weighted by atomic mass is 9.69. The Hall–Kier alpha value is -3.26. The number of carbonyl (C=O) groups excluding carboxylic acids is 2. The lowest BCUT2D eigenvalue weighted by molar-refractivity contribution is -0.149. The van der Waals surface area contributed by atoms with Gasteiger partial charge in [-0.1, -0.05) is 48.5 Å². The van der Waals surface area contributed by atoms with Crippen molar-refractivity contribution in [2.24, 2.45) is 11.8 Å². The van der Waals surface area contributed by atoms with Gasteiger partial charge in [-0.3, -0.25) is 9.59 Å². The van der Waals surface area contributed by atoms with Gasteiger partial charge in [0, 0.05) is 33.8 Å². The minimum absolute atomic E-state index is 0.00158. The molecule has 3 atom stereocenters. The van der Waals surface area contributed by atoms with E-state index in [1.807, 2.05) is 50.2 Å². The van der Waals surface area contributed by atoms with Crippen LogP contribution in [0.2, 0.25) is 0 Å². The third-order valence-electron chi connectivity index (χ3n) is 7.07. The lowest BCUT2D eigenvalue weighted by Gasteiger charge is -2.40. The van der Waals surface area contributed by atoms with Gasteiger partial charge in [0.15, 0.2) is 17.3 Å². The van der Waals surface area contributed by atoms with Crippen molar-refractivity contribution >= 4 is 27.7 Å². The number of hydrogen-bond donors (Lipinski definition) is 1. The normalized spacial score (nSPS) is 22.6. The molecule has 0 saturated heterocycles. The van der Waals surface area contributed by atoms with E-state index < -0.39 is 17.8 Å². The molecule has 0 bridgehead atoms. The standard InChI is InChI=1S/C29H30BrNO6/c1-15(2)13-35-29(33)26-16(3)31-22-9-18(17-5-7-19(34-4)8-6-17)10-23(32)28(22)27(26)20-11-24-25(12-21(20)30)37-14-36-24/h5-8,11-12,15,18,26-27,31H,3,9-10,13-14H2,1-2,4H3. The van der Waals surface area contributed by atoms with Gasteiger partial charge in [0.05, 0.1) is 13.7 Å². The molecule has 8 heteroatoms. The van der Waals surface area contributed by atoms with Gasteiger partial charge in [0.2, 0.25) is 6.79 Å². The van der Waals surface area contributed by atoms with Crippen molar-refractivity contribution in [3.8, 4) is 17.2 Å². The minimum atomic E-state index is -0.768. The summed E-state index contributed by atoms with van der Waals surface area (Å²) in [6, 6.07) is 11.5. The molecule has 2 aromatic rings. The first-order valence-electron chi connectivity index (χ1n) is 12.4. The number of ketones is 1.